The number of carbonyl (C=O) groups excluding carboxylic acids is 3. The first kappa shape index (κ1) is 34.0. The van der Waals surface area contributed by atoms with E-state index in [0.717, 1.165) is 58.0 Å². The molecule has 14 atom stereocenters. The SMILES string of the molecule is CC(C)[C@@H](OC(=O)N1CCC1)C1C[C@@H](C)[C@H]2C(O1)[C@H](O)[C@@]1(C)C3CC[C@H]4C(C)(C)[C@@H](OC(=O)N[C@@H]5CCNC5=O)CC[C@@]45C[C@@]35CC[C@]21C. The Morgan fingerprint density at radius 3 is 2.39 bits per heavy atom. The van der Waals surface area contributed by atoms with Crippen LogP contribution in [0.2, 0.25) is 0 Å². The molecule has 10 nitrogen and oxygen atoms in total. The third kappa shape index (κ3) is 4.53. The Bertz CT molecular complexity index is 1380. The largest absolute Gasteiger partial charge is 0.446 e. The van der Waals surface area contributed by atoms with Crippen molar-refractivity contribution in [3.63, 3.8) is 0 Å². The van der Waals surface area contributed by atoms with Crippen LogP contribution in [0.15, 0.2) is 0 Å². The third-order valence-corrected chi connectivity index (χ3v) is 16.7. The molecule has 8 aliphatic rings. The summed E-state index contributed by atoms with van der Waals surface area (Å²) in [5, 5.41) is 18.2. The molecule has 3 saturated heterocycles. The van der Waals surface area contributed by atoms with Crippen LogP contribution in [-0.4, -0.2) is 84.3 Å². The molecule has 0 aromatic carbocycles. The van der Waals surface area contributed by atoms with Crippen molar-refractivity contribution >= 4 is 18.1 Å². The van der Waals surface area contributed by atoms with Gasteiger partial charge in [0.15, 0.2) is 0 Å². The number of nitrogens with zero attached hydrogens (tertiary/aromatic N) is 1. The van der Waals surface area contributed by atoms with E-state index >= 15 is 0 Å². The lowest BCUT2D eigenvalue weighted by molar-refractivity contribution is -0.185. The van der Waals surface area contributed by atoms with E-state index in [1.165, 1.54) is 12.8 Å². The zero-order valence-electron chi connectivity index (χ0n) is 30.9. The van der Waals surface area contributed by atoms with E-state index in [1.807, 2.05) is 0 Å². The molecule has 2 spiro atoms. The molecular weight excluding hydrogens is 622 g/mol. The van der Waals surface area contributed by atoms with Gasteiger partial charge in [0, 0.05) is 30.5 Å². The standard InChI is InChI=1S/C39H61N3O7/c1-21(2)29(49-34(46)42-17-8-18-42)24-19-22(3)28-30(47-24)31(43)37(7)26-10-9-25-35(4,5)27(48-33(45)41-23-12-16-40-32(23)44)11-13-38(25)20-39(26,38)15-14-36(28,37)6/h21-31,43H,8-20H2,1-7H3,(H,40,44)(H,41,45)/t22-,23-,24?,25+,26?,27+,28+,29-,30?,31+,36-,37-,38-,39+/m1/s1. The summed E-state index contributed by atoms with van der Waals surface area (Å²) in [4.78, 5) is 39.8. The number of ether oxygens (including phenoxy) is 3. The van der Waals surface area contributed by atoms with Crippen LogP contribution in [0.4, 0.5) is 9.59 Å². The lowest BCUT2D eigenvalue weighted by Gasteiger charge is -2.63. The van der Waals surface area contributed by atoms with Crippen molar-refractivity contribution in [1.82, 2.24) is 15.5 Å². The van der Waals surface area contributed by atoms with Crippen LogP contribution in [0.5, 0.6) is 0 Å². The maximum atomic E-state index is 13.0. The summed E-state index contributed by atoms with van der Waals surface area (Å²) >= 11 is 0. The highest BCUT2D eigenvalue weighted by atomic mass is 16.6. The number of likely N-dealkylation sites (tertiary alicyclic amines) is 1. The Kier molecular flexibility index (Phi) is 7.79. The summed E-state index contributed by atoms with van der Waals surface area (Å²) in [5.74, 6) is 1.44. The lowest BCUT2D eigenvalue weighted by Crippen LogP contribution is -2.60. The van der Waals surface area contributed by atoms with Gasteiger partial charge in [0.1, 0.15) is 18.2 Å². The van der Waals surface area contributed by atoms with Crippen LogP contribution in [0.1, 0.15) is 113 Å². The molecule has 5 aliphatic carbocycles. The Morgan fingerprint density at radius 2 is 1.73 bits per heavy atom. The van der Waals surface area contributed by atoms with E-state index in [9.17, 15) is 19.5 Å². The molecule has 3 aliphatic heterocycles. The van der Waals surface area contributed by atoms with Gasteiger partial charge in [0.25, 0.3) is 0 Å². The van der Waals surface area contributed by atoms with Crippen molar-refractivity contribution < 1.29 is 33.7 Å². The highest BCUT2D eigenvalue weighted by Crippen LogP contribution is 2.89. The molecule has 0 aromatic rings. The minimum Gasteiger partial charge on any atom is -0.446 e. The van der Waals surface area contributed by atoms with E-state index in [0.29, 0.717) is 30.7 Å². The predicted molar refractivity (Wildman–Crippen MR) is 182 cm³/mol. The van der Waals surface area contributed by atoms with Crippen molar-refractivity contribution in [2.24, 2.45) is 56.7 Å². The first-order valence-corrected chi connectivity index (χ1v) is 19.6. The van der Waals surface area contributed by atoms with Crippen LogP contribution in [0, 0.1) is 56.7 Å². The maximum Gasteiger partial charge on any atom is 0.410 e. The van der Waals surface area contributed by atoms with Crippen molar-refractivity contribution in [3.8, 4) is 0 Å². The zero-order chi connectivity index (χ0) is 34.9. The molecule has 3 N–H and O–H groups in total. The first-order valence-electron chi connectivity index (χ1n) is 19.6. The van der Waals surface area contributed by atoms with Crippen LogP contribution in [-0.2, 0) is 19.0 Å². The molecule has 0 bridgehead atoms. The zero-order valence-corrected chi connectivity index (χ0v) is 30.9. The second kappa shape index (κ2) is 11.2. The monoisotopic (exact) mass is 683 g/mol. The lowest BCUT2D eigenvalue weighted by atomic mass is 9.41. The first-order chi connectivity index (χ1) is 23.1. The van der Waals surface area contributed by atoms with Crippen LogP contribution < -0.4 is 10.6 Å². The predicted octanol–water partition coefficient (Wildman–Crippen LogP) is 5.65. The van der Waals surface area contributed by atoms with Gasteiger partial charge in [-0.15, -0.1) is 0 Å². The van der Waals surface area contributed by atoms with Gasteiger partial charge in [-0.2, -0.15) is 0 Å². The van der Waals surface area contributed by atoms with Gasteiger partial charge in [-0.3, -0.25) is 4.79 Å². The van der Waals surface area contributed by atoms with Crippen LogP contribution >= 0.6 is 0 Å². The molecule has 5 saturated carbocycles. The van der Waals surface area contributed by atoms with Crippen molar-refractivity contribution in [3.05, 3.63) is 0 Å². The van der Waals surface area contributed by atoms with Gasteiger partial charge >= 0.3 is 12.2 Å². The van der Waals surface area contributed by atoms with E-state index in [4.69, 9.17) is 14.2 Å². The average molecular weight is 684 g/mol. The summed E-state index contributed by atoms with van der Waals surface area (Å²) in [6, 6.07) is -0.509. The average Bonchev–Trinajstić information content (AvgIpc) is 3.45. The van der Waals surface area contributed by atoms with Gasteiger partial charge < -0.3 is 34.9 Å². The summed E-state index contributed by atoms with van der Waals surface area (Å²) < 4.78 is 19.3. The van der Waals surface area contributed by atoms with Gasteiger partial charge in [0.05, 0.1) is 18.3 Å². The highest BCUT2D eigenvalue weighted by molar-refractivity contribution is 5.87. The third-order valence-electron chi connectivity index (χ3n) is 16.7. The Labute approximate surface area is 292 Å². The fourth-order valence-electron chi connectivity index (χ4n) is 14.1. The molecule has 3 amide bonds. The number of hydrogen-bond acceptors (Lipinski definition) is 7. The van der Waals surface area contributed by atoms with Gasteiger partial charge in [-0.05, 0) is 110 Å². The van der Waals surface area contributed by atoms with E-state index < -0.39 is 18.2 Å². The highest BCUT2D eigenvalue weighted by Gasteiger charge is 2.84. The Balaban J connectivity index is 1.01. The fraction of sp³-hybridized carbons (Fsp3) is 0.923. The molecule has 3 unspecified atom stereocenters. The molecule has 10 heteroatoms. The molecule has 0 radical (unpaired) electrons. The van der Waals surface area contributed by atoms with Crippen LogP contribution in [0.3, 0.4) is 0 Å². The summed E-state index contributed by atoms with van der Waals surface area (Å²) in [7, 11) is 0. The van der Waals surface area contributed by atoms with Crippen molar-refractivity contribution in [2.45, 2.75) is 149 Å². The second-order valence-electron chi connectivity index (χ2n) is 19.2. The van der Waals surface area contributed by atoms with E-state index in [1.54, 1.807) is 4.90 Å². The number of aliphatic hydroxyl groups is 1. The molecule has 8 fully saturated rings. The smallest absolute Gasteiger partial charge is 0.410 e. The normalized spacial score (nSPS) is 49.6. The maximum absolute atomic E-state index is 13.0. The van der Waals surface area contributed by atoms with Crippen LogP contribution in [0.25, 0.3) is 0 Å². The molecule has 274 valence electrons. The number of amides is 3. The molecule has 49 heavy (non-hydrogen) atoms. The van der Waals surface area contributed by atoms with E-state index in [-0.39, 0.29) is 75.3 Å². The number of rotatable bonds is 5. The van der Waals surface area contributed by atoms with Gasteiger partial charge in [-0.25, -0.2) is 9.59 Å². The number of hydrogen-bond donors (Lipinski definition) is 3. The summed E-state index contributed by atoms with van der Waals surface area (Å²) in [5.41, 5.74) is -0.103. The number of alkyl carbamates (subject to hydrolysis) is 1. The quantitative estimate of drug-likeness (QED) is 0.342. The molecule has 3 heterocycles. The summed E-state index contributed by atoms with van der Waals surface area (Å²) in [6.45, 7) is 18.2. The topological polar surface area (TPSA) is 126 Å². The van der Waals surface area contributed by atoms with Crippen molar-refractivity contribution in [2.75, 3.05) is 19.6 Å². The number of fused-ring (bicyclic) bond motifs is 4. The number of aliphatic hydroxyl groups excluding tert-OH is 1. The van der Waals surface area contributed by atoms with Crippen molar-refractivity contribution in [1.29, 1.82) is 0 Å². The Morgan fingerprint density at radius 1 is 1.02 bits per heavy atom. The molecular formula is C39H61N3O7. The molecule has 0 aromatic heterocycles. The number of carbonyl (C=O) groups is 3. The minimum absolute atomic E-state index is 0.0455. The minimum atomic E-state index is -0.577. The second-order valence-corrected chi connectivity index (χ2v) is 19.2. The van der Waals surface area contributed by atoms with Gasteiger partial charge in [0.2, 0.25) is 5.91 Å². The van der Waals surface area contributed by atoms with Gasteiger partial charge in [-0.1, -0.05) is 48.5 Å². The van der Waals surface area contributed by atoms with E-state index in [2.05, 4.69) is 59.1 Å². The molecule has 8 rings (SSSR count). The summed E-state index contributed by atoms with van der Waals surface area (Å²) in [6.07, 6.45) is 7.66. The fourth-order valence-corrected chi connectivity index (χ4v) is 14.1. The Hall–Kier alpha value is -2.07. The number of nitrogens with one attached hydrogen (secondary N) is 2.